The van der Waals surface area contributed by atoms with Crippen molar-refractivity contribution >= 4 is 79.7 Å². The minimum absolute atomic E-state index is 0.0642. The van der Waals surface area contributed by atoms with E-state index in [1.807, 2.05) is 45.2 Å². The fourth-order valence-electron chi connectivity index (χ4n) is 3.63. The van der Waals surface area contributed by atoms with E-state index in [1.165, 1.54) is 36.4 Å². The number of rotatable bonds is 13. The van der Waals surface area contributed by atoms with Gasteiger partial charge in [0.2, 0.25) is 0 Å². The first kappa shape index (κ1) is 37.9. The van der Waals surface area contributed by atoms with E-state index < -0.39 is 35.1 Å². The fourth-order valence-corrected chi connectivity index (χ4v) is 4.54. The van der Waals surface area contributed by atoms with Crippen molar-refractivity contribution in [3.05, 3.63) is 114 Å². The van der Waals surface area contributed by atoms with Crippen LogP contribution in [0.4, 0.5) is 40.3 Å². The zero-order valence-corrected chi connectivity index (χ0v) is 28.6. The van der Waals surface area contributed by atoms with Gasteiger partial charge in [-0.25, -0.2) is 28.5 Å². The molecule has 2 amide bonds. The van der Waals surface area contributed by atoms with Gasteiger partial charge in [-0.3, -0.25) is 19.3 Å². The third kappa shape index (κ3) is 12.2. The molecule has 0 radical (unpaired) electrons. The third-order valence-electron chi connectivity index (χ3n) is 5.78. The Morgan fingerprint density at radius 3 is 1.45 bits per heavy atom. The number of anilines is 4. The van der Waals surface area contributed by atoms with E-state index >= 15 is 0 Å². The summed E-state index contributed by atoms with van der Waals surface area (Å²) in [7, 11) is 0. The molecule has 0 heterocycles. The number of carbonyl (C=O) groups excluding carboxylic acids is 2. The molecule has 4 rings (SSSR count). The summed E-state index contributed by atoms with van der Waals surface area (Å²) in [5.74, 6) is -3.44. The van der Waals surface area contributed by atoms with Gasteiger partial charge in [-0.15, -0.1) is 0 Å². The van der Waals surface area contributed by atoms with Crippen LogP contribution >= 0.6 is 45.2 Å². The molecular weight excluding hydrogens is 854 g/mol. The van der Waals surface area contributed by atoms with Gasteiger partial charge in [-0.1, -0.05) is 0 Å². The van der Waals surface area contributed by atoms with Gasteiger partial charge in [0, 0.05) is 13.7 Å². The highest BCUT2D eigenvalue weighted by Crippen LogP contribution is 2.27. The van der Waals surface area contributed by atoms with Gasteiger partial charge in [0.15, 0.2) is 0 Å². The number of benzene rings is 4. The predicted octanol–water partition coefficient (Wildman–Crippen LogP) is 6.32. The van der Waals surface area contributed by atoms with Gasteiger partial charge >= 0.3 is 0 Å². The van der Waals surface area contributed by atoms with Crippen LogP contribution in [0, 0.1) is 30.4 Å². The molecule has 0 aliphatic carbocycles. The molecule has 0 spiro atoms. The molecule has 47 heavy (non-hydrogen) atoms. The number of hydrogen-bond donors (Lipinski definition) is 6. The van der Waals surface area contributed by atoms with Crippen molar-refractivity contribution in [3.63, 3.8) is 0 Å². The van der Waals surface area contributed by atoms with Crippen LogP contribution in [0.3, 0.4) is 0 Å². The van der Waals surface area contributed by atoms with Gasteiger partial charge in [0.05, 0.1) is 53.7 Å². The molecule has 0 saturated heterocycles. The van der Waals surface area contributed by atoms with Gasteiger partial charge in [0.25, 0.3) is 11.8 Å². The third-order valence-corrected chi connectivity index (χ3v) is 7.12. The molecule has 10 nitrogen and oxygen atoms in total. The molecule has 0 saturated carbocycles. The molecule has 0 fully saturated rings. The topological polar surface area (TPSA) is 141 Å². The maximum atomic E-state index is 13.9. The van der Waals surface area contributed by atoms with Crippen molar-refractivity contribution in [2.24, 2.45) is 0 Å². The lowest BCUT2D eigenvalue weighted by molar-refractivity contribution is 0.0169. The second-order valence-electron chi connectivity index (χ2n) is 9.24. The Morgan fingerprint density at radius 2 is 1.04 bits per heavy atom. The summed E-state index contributed by atoms with van der Waals surface area (Å²) in [5.41, 5.74) is 4.91. The first-order chi connectivity index (χ1) is 22.5. The lowest BCUT2D eigenvalue weighted by Gasteiger charge is -2.13. The van der Waals surface area contributed by atoms with Crippen molar-refractivity contribution in [1.29, 1.82) is 0 Å². The second-order valence-corrected chi connectivity index (χ2v) is 11.7. The van der Waals surface area contributed by atoms with Crippen LogP contribution in [0.15, 0.2) is 72.8 Å². The lowest BCUT2D eigenvalue weighted by atomic mass is 10.1. The Hall–Kier alpha value is -3.56. The summed E-state index contributed by atoms with van der Waals surface area (Å²) in [5, 5.41) is 22.7. The van der Waals surface area contributed by atoms with Crippen molar-refractivity contribution in [2.45, 2.75) is 6.42 Å². The van der Waals surface area contributed by atoms with Crippen LogP contribution in [0.5, 0.6) is 0 Å². The smallest absolute Gasteiger partial charge is 0.276 e. The molecule has 4 aromatic carbocycles. The number of hydrogen-bond acceptors (Lipinski definition) is 8. The van der Waals surface area contributed by atoms with Crippen LogP contribution in [-0.4, -0.2) is 48.5 Å². The Labute approximate surface area is 294 Å². The molecule has 0 aromatic heterocycles. The van der Waals surface area contributed by atoms with Gasteiger partial charge in [-0.2, -0.15) is 0 Å². The second kappa shape index (κ2) is 19.3. The maximum absolute atomic E-state index is 13.9. The minimum Gasteiger partial charge on any atom is -0.396 e. The zero-order valence-electron chi connectivity index (χ0n) is 24.3. The first-order valence-corrected chi connectivity index (χ1v) is 15.8. The molecule has 0 unspecified atom stereocenters. The summed E-state index contributed by atoms with van der Waals surface area (Å²) in [4.78, 5) is 33.8. The van der Waals surface area contributed by atoms with E-state index in [0.29, 0.717) is 13.6 Å². The molecule has 16 heteroatoms. The monoisotopic (exact) mass is 882 g/mol. The molecule has 0 aliphatic rings. The van der Waals surface area contributed by atoms with Crippen LogP contribution in [-0.2, 0) is 9.68 Å². The molecule has 4 aromatic rings. The molecular formula is C31H28F4I2N4O6. The summed E-state index contributed by atoms with van der Waals surface area (Å²) in [6.07, 6.45) is 0.364. The van der Waals surface area contributed by atoms with E-state index in [9.17, 15) is 27.2 Å². The Kier molecular flexibility index (Phi) is 15.6. The number of amides is 2. The molecule has 0 bridgehead atoms. The maximum Gasteiger partial charge on any atom is 0.276 e. The fraction of sp³-hybridized carbons (Fsp3) is 0.161. The highest BCUT2D eigenvalue weighted by Gasteiger charge is 2.16. The number of aliphatic hydroxyl groups is 2. The Morgan fingerprint density at radius 1 is 0.596 bits per heavy atom. The average Bonchev–Trinajstić information content (AvgIpc) is 3.02. The number of halogens is 6. The summed E-state index contributed by atoms with van der Waals surface area (Å²) < 4.78 is 56.2. The normalized spacial score (nSPS) is 10.5. The standard InChI is InChI=1S/C16H15F2IN2O3.C15H13F2IN2O3/c17-10-2-4-12(16(23)21-24-7-1-6-22)15(8-10)20-14-5-3-11(19)9-13(14)18;16-9-1-3-11(15(22)20-23-6-5-21)14(7-9)19-13-4-2-10(18)8-12(13)17/h2-5,8-9,20,22H,1,6-7H2,(H,21,23);1-4,7-8,19,21H,5-6H2,(H,20,22). The van der Waals surface area contributed by atoms with Gasteiger partial charge in [0.1, 0.15) is 23.3 Å². The highest BCUT2D eigenvalue weighted by atomic mass is 127. The van der Waals surface area contributed by atoms with E-state index in [-0.39, 0.29) is 60.3 Å². The summed E-state index contributed by atoms with van der Waals surface area (Å²) in [6.45, 7) is -0.270. The number of carbonyl (C=O) groups is 2. The number of nitrogens with one attached hydrogen (secondary N) is 4. The van der Waals surface area contributed by atoms with Crippen molar-refractivity contribution in [1.82, 2.24) is 11.0 Å². The van der Waals surface area contributed by atoms with Crippen LogP contribution < -0.4 is 21.6 Å². The quantitative estimate of drug-likeness (QED) is 0.0397. The summed E-state index contributed by atoms with van der Waals surface area (Å²) >= 11 is 3.94. The van der Waals surface area contributed by atoms with E-state index in [4.69, 9.17) is 19.9 Å². The minimum atomic E-state index is -0.646. The Bertz CT molecular complexity index is 1690. The highest BCUT2D eigenvalue weighted by molar-refractivity contribution is 14.1. The van der Waals surface area contributed by atoms with Gasteiger partial charge < -0.3 is 20.8 Å². The van der Waals surface area contributed by atoms with E-state index in [1.54, 1.807) is 12.1 Å². The molecule has 0 aliphatic heterocycles. The van der Waals surface area contributed by atoms with Crippen LogP contribution in [0.2, 0.25) is 0 Å². The van der Waals surface area contributed by atoms with E-state index in [2.05, 4.69) is 21.6 Å². The SMILES string of the molecule is O=C(NOCCCO)c1ccc(F)cc1Nc1ccc(I)cc1F.O=C(NOCCO)c1ccc(F)cc1Nc1ccc(I)cc1F. The Balaban J connectivity index is 0.000000256. The number of hydroxylamine groups is 2. The van der Waals surface area contributed by atoms with Crippen molar-refractivity contribution in [2.75, 3.05) is 37.1 Å². The predicted molar refractivity (Wildman–Crippen MR) is 183 cm³/mol. The largest absolute Gasteiger partial charge is 0.396 e. The first-order valence-electron chi connectivity index (χ1n) is 13.6. The molecule has 250 valence electrons. The van der Waals surface area contributed by atoms with Crippen molar-refractivity contribution < 1.29 is 47.0 Å². The van der Waals surface area contributed by atoms with Crippen molar-refractivity contribution in [3.8, 4) is 0 Å². The van der Waals surface area contributed by atoms with Gasteiger partial charge in [-0.05, 0) is 124 Å². The summed E-state index contributed by atoms with van der Waals surface area (Å²) in [6, 6.07) is 15.9. The molecule has 6 N–H and O–H groups in total. The van der Waals surface area contributed by atoms with E-state index in [0.717, 1.165) is 24.3 Å². The van der Waals surface area contributed by atoms with Crippen LogP contribution in [0.25, 0.3) is 0 Å². The zero-order chi connectivity index (χ0) is 34.3. The lowest BCUT2D eigenvalue weighted by Crippen LogP contribution is -2.26. The van der Waals surface area contributed by atoms with Crippen LogP contribution in [0.1, 0.15) is 27.1 Å². The molecule has 0 atom stereocenters. The number of aliphatic hydroxyl groups excluding tert-OH is 2. The average molecular weight is 882 g/mol.